The average molecular weight is 1000 g/mol. The molecule has 332 valence electrons. The first-order valence-corrected chi connectivity index (χ1v) is 22.6. The minimum Gasteiger partial charge on any atom is -0.871 e. The van der Waals surface area contributed by atoms with Gasteiger partial charge in [-0.15, -0.1) is 5.11 Å². The van der Waals surface area contributed by atoms with Crippen LogP contribution >= 0.6 is 23.2 Å². The molecule has 8 rings (SSSR count). The number of aromatic hydroxyl groups is 1. The number of amides is 1. The summed E-state index contributed by atoms with van der Waals surface area (Å²) in [4.78, 5) is 15.8. The van der Waals surface area contributed by atoms with Crippen molar-refractivity contribution in [2.24, 2.45) is 25.4 Å². The summed E-state index contributed by atoms with van der Waals surface area (Å²) in [5.74, 6) is -2.34. The molecule has 8 aromatic rings. The summed E-state index contributed by atoms with van der Waals surface area (Å²) in [6, 6.07) is 41.3. The number of rotatable bonds is 10. The number of anilines is 1. The van der Waals surface area contributed by atoms with E-state index in [1.807, 2.05) is 6.07 Å². The maximum atomic E-state index is 13.1. The molecule has 0 aliphatic heterocycles. The first-order valence-electron chi connectivity index (χ1n) is 19.0. The van der Waals surface area contributed by atoms with Gasteiger partial charge in [0.25, 0.3) is 26.1 Å². The van der Waals surface area contributed by atoms with Crippen LogP contribution in [0, 0.1) is 0 Å². The van der Waals surface area contributed by atoms with Crippen LogP contribution < -0.4 is 15.5 Å². The summed E-state index contributed by atoms with van der Waals surface area (Å²) in [6.45, 7) is 0. The first-order chi connectivity index (χ1) is 31.5. The molecule has 67 heavy (non-hydrogen) atoms. The molecular formula is C46H30CaCl2N6O10S2. The molecular weight excluding hydrogens is 972 g/mol. The summed E-state index contributed by atoms with van der Waals surface area (Å²) in [5.41, 5.74) is 0.769. The molecule has 0 spiro atoms. The zero-order valence-electron chi connectivity index (χ0n) is 34.2. The number of para-hydroxylation sites is 2. The number of nitrogens with one attached hydrogen (secondary N) is 1. The van der Waals surface area contributed by atoms with Crippen molar-refractivity contribution in [3.05, 3.63) is 179 Å². The average Bonchev–Trinajstić information content (AvgIpc) is 3.29. The molecule has 0 atom stereocenters. The third-order valence-corrected chi connectivity index (χ3v) is 12.1. The fourth-order valence-electron chi connectivity index (χ4n) is 6.28. The number of carbonyl (C=O) groups is 1. The van der Waals surface area contributed by atoms with Crippen molar-refractivity contribution in [2.75, 3.05) is 5.32 Å². The van der Waals surface area contributed by atoms with Gasteiger partial charge in [0.2, 0.25) is 0 Å². The monoisotopic (exact) mass is 1000 g/mol. The number of hydrogen-bond donors (Lipinski definition) is 4. The van der Waals surface area contributed by atoms with E-state index in [-0.39, 0.29) is 81.7 Å². The Bertz CT molecular complexity index is 3500. The predicted octanol–water partition coefficient (Wildman–Crippen LogP) is 10.4. The van der Waals surface area contributed by atoms with Gasteiger partial charge < -0.3 is 20.6 Å². The Balaban J connectivity index is 0.000000218. The standard InChI is InChI=1S/2C23H16ClN3O5S.Ca/c2*24-19-11-10-16(13-20(19)33(30,31)32)26-27-21-17-9-5-4-6-14(17)12-18(22(21)28)23(29)25-15-7-2-1-3-8-15;/h2*1-13,28H,(H,25,29)(H,30,31,32);/q;;+2/p-2. The number of phenols is 1. The van der Waals surface area contributed by atoms with Crippen LogP contribution in [0.25, 0.3) is 21.5 Å². The third-order valence-electron chi connectivity index (χ3n) is 9.38. The van der Waals surface area contributed by atoms with Crippen molar-refractivity contribution < 1.29 is 46.1 Å². The molecule has 1 amide bonds. The van der Waals surface area contributed by atoms with Crippen molar-refractivity contribution in [3.63, 3.8) is 0 Å². The van der Waals surface area contributed by atoms with E-state index in [0.29, 0.717) is 32.9 Å². The van der Waals surface area contributed by atoms with E-state index in [0.717, 1.165) is 12.1 Å². The maximum Gasteiger partial charge on any atom is 2.00 e. The molecule has 0 fully saturated rings. The molecule has 0 unspecified atom stereocenters. The molecule has 4 N–H and O–H groups in total. The molecule has 0 radical (unpaired) electrons. The minimum atomic E-state index is -4.58. The topological polar surface area (TPSA) is 266 Å². The summed E-state index contributed by atoms with van der Waals surface area (Å²) in [6.07, 6.45) is 0. The van der Waals surface area contributed by atoms with Crippen molar-refractivity contribution in [1.29, 1.82) is 0 Å². The Morgan fingerprint density at radius 3 is 1.52 bits per heavy atom. The summed E-state index contributed by atoms with van der Waals surface area (Å²) < 4.78 is 64.6. The Morgan fingerprint density at radius 2 is 1.00 bits per heavy atom. The smallest absolute Gasteiger partial charge is 0.871 e. The molecule has 21 heteroatoms. The molecule has 0 heterocycles. The van der Waals surface area contributed by atoms with Gasteiger partial charge in [-0.3, -0.25) is 18.9 Å². The van der Waals surface area contributed by atoms with Crippen LogP contribution in [0.5, 0.6) is 11.5 Å². The summed E-state index contributed by atoms with van der Waals surface area (Å²) in [7, 11) is -9.15. The van der Waals surface area contributed by atoms with Gasteiger partial charge in [0.1, 0.15) is 15.5 Å². The van der Waals surface area contributed by atoms with Crippen molar-refractivity contribution in [3.8, 4) is 11.5 Å². The van der Waals surface area contributed by atoms with Crippen LogP contribution in [0.3, 0.4) is 0 Å². The van der Waals surface area contributed by atoms with E-state index in [1.54, 1.807) is 109 Å². The molecule has 0 aliphatic rings. The van der Waals surface area contributed by atoms with Gasteiger partial charge in [0.05, 0.1) is 38.4 Å². The molecule has 8 aromatic carbocycles. The van der Waals surface area contributed by atoms with E-state index in [2.05, 4.69) is 30.8 Å². The Hall–Kier alpha value is -6.32. The summed E-state index contributed by atoms with van der Waals surface area (Å²) in [5, 5.41) is 57.3. The predicted molar refractivity (Wildman–Crippen MR) is 253 cm³/mol. The second-order valence-electron chi connectivity index (χ2n) is 13.8. The minimum absolute atomic E-state index is 0. The van der Waals surface area contributed by atoms with Gasteiger partial charge in [-0.1, -0.05) is 114 Å². The molecule has 0 saturated carbocycles. The van der Waals surface area contributed by atoms with E-state index >= 15 is 0 Å². The van der Waals surface area contributed by atoms with Gasteiger partial charge in [-0.25, -0.2) is 0 Å². The van der Waals surface area contributed by atoms with Gasteiger partial charge in [0.15, 0.2) is 5.75 Å². The number of aliphatic imine (C=N–C) groups is 1. The molecule has 0 bridgehead atoms. The van der Waals surface area contributed by atoms with Crippen LogP contribution in [-0.4, -0.2) is 80.6 Å². The summed E-state index contributed by atoms with van der Waals surface area (Å²) >= 11 is 11.6. The number of phenolic OH excluding ortho intramolecular Hbond substituents is 1. The van der Waals surface area contributed by atoms with Gasteiger partial charge in [-0.2, -0.15) is 32.2 Å². The zero-order valence-corrected chi connectivity index (χ0v) is 39.6. The zero-order chi connectivity index (χ0) is 47.2. The second-order valence-corrected chi connectivity index (χ2v) is 17.4. The normalized spacial score (nSPS) is 11.9. The quantitative estimate of drug-likeness (QED) is 0.0331. The van der Waals surface area contributed by atoms with E-state index in [4.69, 9.17) is 23.2 Å². The number of fused-ring (bicyclic) bond motifs is 2. The largest absolute Gasteiger partial charge is 2.00 e. The van der Waals surface area contributed by atoms with Crippen LogP contribution in [-0.2, 0) is 20.2 Å². The van der Waals surface area contributed by atoms with E-state index in [1.165, 1.54) is 30.3 Å². The Labute approximate surface area is 422 Å². The number of azo groups is 2. The molecule has 16 nitrogen and oxygen atoms in total. The molecule has 0 aliphatic carbocycles. The number of carbonyl (C=O) groups excluding carboxylic acids is 1. The van der Waals surface area contributed by atoms with Gasteiger partial charge in [-0.05, 0) is 95.0 Å². The van der Waals surface area contributed by atoms with Crippen LogP contribution in [0.1, 0.15) is 15.9 Å². The number of hydrogen-bond acceptors (Lipinski definition) is 13. The van der Waals surface area contributed by atoms with Crippen molar-refractivity contribution in [2.45, 2.75) is 9.79 Å². The molecule has 0 aromatic heterocycles. The fraction of sp³-hybridized carbons (Fsp3) is 0. The van der Waals surface area contributed by atoms with Crippen LogP contribution in [0.15, 0.2) is 193 Å². The number of halogens is 2. The van der Waals surface area contributed by atoms with Crippen LogP contribution in [0.2, 0.25) is 10.0 Å². The van der Waals surface area contributed by atoms with E-state index < -0.39 is 53.3 Å². The molecule has 0 saturated heterocycles. The second kappa shape index (κ2) is 21.5. The van der Waals surface area contributed by atoms with Gasteiger partial charge >= 0.3 is 37.7 Å². The third kappa shape index (κ3) is 12.2. The number of nitrogens with zero attached hydrogens (tertiary/aromatic N) is 5. The van der Waals surface area contributed by atoms with Crippen LogP contribution in [0.4, 0.5) is 34.1 Å². The fourth-order valence-corrected chi connectivity index (χ4v) is 8.27. The first kappa shape index (κ1) is 50.1. The maximum absolute atomic E-state index is 13.1. The van der Waals surface area contributed by atoms with Crippen molar-refractivity contribution >= 4 is 149 Å². The van der Waals surface area contributed by atoms with Crippen molar-refractivity contribution in [1.82, 2.24) is 0 Å². The Kier molecular flexibility index (Phi) is 16.1. The van der Waals surface area contributed by atoms with Gasteiger partial charge in [0, 0.05) is 16.5 Å². The Morgan fingerprint density at radius 1 is 0.552 bits per heavy atom. The SMILES string of the molecule is O=C(Nc1ccccc1)c1cc2ccccc2c(N=Nc2ccc(Cl)c(S(=O)(=O)O)c2)c1O.O=S(=O)(O)c1cc(N=Nc2c([O-])c(C([O-])=Nc3ccccc3)cc3ccccc23)ccc1Cl.[Ca+2]. The van der Waals surface area contributed by atoms with E-state index in [9.17, 15) is 46.1 Å². The number of benzene rings is 8.